The highest BCUT2D eigenvalue weighted by Crippen LogP contribution is 2.38. The number of nitrogens with two attached hydrogens (primary N) is 1. The molecule has 0 aromatic heterocycles. The van der Waals surface area contributed by atoms with Crippen LogP contribution in [0.1, 0.15) is 10.4 Å². The van der Waals surface area contributed by atoms with Gasteiger partial charge in [-0.05, 0) is 54.6 Å². The molecule has 0 spiro atoms. The lowest BCUT2D eigenvalue weighted by atomic mass is 10.1. The maximum absolute atomic E-state index is 12.6. The number of carbonyl (C=O) groups is 2. The fourth-order valence-electron chi connectivity index (χ4n) is 2.72. The Morgan fingerprint density at radius 1 is 1.03 bits per heavy atom. The number of halogens is 1. The van der Waals surface area contributed by atoms with Crippen LogP contribution in [0.2, 0.25) is 5.02 Å². The molecule has 10 nitrogen and oxygen atoms in total. The van der Waals surface area contributed by atoms with Gasteiger partial charge in [-0.3, -0.25) is 19.7 Å². The second-order valence-electron chi connectivity index (χ2n) is 6.57. The lowest BCUT2D eigenvalue weighted by molar-refractivity contribution is -0.385. The zero-order chi connectivity index (χ0) is 24.0. The number of benzene rings is 3. The van der Waals surface area contributed by atoms with E-state index in [0.29, 0.717) is 11.4 Å². The summed E-state index contributed by atoms with van der Waals surface area (Å²) < 4.78 is 16.1. The van der Waals surface area contributed by atoms with Gasteiger partial charge in [0.1, 0.15) is 5.75 Å². The maximum atomic E-state index is 12.6. The number of methoxy groups -OCH3 is 1. The Labute approximate surface area is 193 Å². The van der Waals surface area contributed by atoms with Crippen LogP contribution in [0.5, 0.6) is 23.0 Å². The first kappa shape index (κ1) is 23.4. The molecule has 170 valence electrons. The summed E-state index contributed by atoms with van der Waals surface area (Å²) in [7, 11) is 1.38. The Hall–Kier alpha value is -4.31. The topological polar surface area (TPSA) is 143 Å². The number of nitro groups is 1. The molecule has 2 amide bonds. The number of hydrogen-bond donors (Lipinski definition) is 2. The highest BCUT2D eigenvalue weighted by molar-refractivity contribution is 6.30. The Bertz CT molecular complexity index is 1200. The number of amides is 2. The number of anilines is 1. The van der Waals surface area contributed by atoms with Gasteiger partial charge in [-0.1, -0.05) is 11.6 Å². The molecular formula is C22H18ClN3O7. The van der Waals surface area contributed by atoms with Gasteiger partial charge in [0.05, 0.1) is 12.0 Å². The molecule has 0 fully saturated rings. The zero-order valence-electron chi connectivity index (χ0n) is 17.2. The molecular weight excluding hydrogens is 454 g/mol. The van der Waals surface area contributed by atoms with Crippen molar-refractivity contribution in [2.75, 3.05) is 19.0 Å². The summed E-state index contributed by atoms with van der Waals surface area (Å²) in [5.74, 6) is -0.259. The number of carbonyl (C=O) groups excluding carboxylic acids is 2. The van der Waals surface area contributed by atoms with E-state index in [9.17, 15) is 19.7 Å². The van der Waals surface area contributed by atoms with Crippen LogP contribution < -0.4 is 25.3 Å². The summed E-state index contributed by atoms with van der Waals surface area (Å²) in [5.41, 5.74) is 5.47. The largest absolute Gasteiger partial charge is 0.493 e. The fraction of sp³-hybridized carbons (Fsp3) is 0.0909. The van der Waals surface area contributed by atoms with E-state index in [2.05, 4.69) is 5.32 Å². The predicted molar refractivity (Wildman–Crippen MR) is 120 cm³/mol. The molecule has 0 aliphatic heterocycles. The second-order valence-corrected chi connectivity index (χ2v) is 7.01. The number of nitrogens with zero attached hydrogens (tertiary/aromatic N) is 1. The van der Waals surface area contributed by atoms with Gasteiger partial charge in [0, 0.05) is 22.3 Å². The van der Waals surface area contributed by atoms with Crippen molar-refractivity contribution in [2.24, 2.45) is 5.73 Å². The summed E-state index contributed by atoms with van der Waals surface area (Å²) in [5, 5.41) is 14.2. The van der Waals surface area contributed by atoms with E-state index in [1.165, 1.54) is 43.5 Å². The second kappa shape index (κ2) is 10.3. The minimum atomic E-state index is -0.611. The maximum Gasteiger partial charge on any atom is 0.313 e. The molecule has 11 heteroatoms. The molecule has 0 saturated carbocycles. The Kier molecular flexibility index (Phi) is 7.31. The van der Waals surface area contributed by atoms with Crippen LogP contribution in [0, 0.1) is 10.1 Å². The van der Waals surface area contributed by atoms with Crippen LogP contribution in [0.15, 0.2) is 60.7 Å². The van der Waals surface area contributed by atoms with E-state index in [0.717, 1.165) is 0 Å². The molecule has 0 aliphatic rings. The van der Waals surface area contributed by atoms with Crippen molar-refractivity contribution in [1.29, 1.82) is 0 Å². The van der Waals surface area contributed by atoms with Crippen LogP contribution in [0.3, 0.4) is 0 Å². The Morgan fingerprint density at radius 3 is 2.36 bits per heavy atom. The number of nitro benzene ring substituents is 1. The summed E-state index contributed by atoms with van der Waals surface area (Å²) in [4.78, 5) is 34.1. The first-order valence-electron chi connectivity index (χ1n) is 9.39. The van der Waals surface area contributed by atoms with Crippen molar-refractivity contribution >= 4 is 34.8 Å². The number of nitrogens with one attached hydrogen (secondary N) is 1. The van der Waals surface area contributed by atoms with Gasteiger partial charge < -0.3 is 25.3 Å². The minimum Gasteiger partial charge on any atom is -0.493 e. The SMILES string of the molecule is COc1cc(C(=O)Nc2ccc(OCC(N)=O)cc2)ccc1Oc1ccc(Cl)cc1[N+](=O)[O-]. The standard InChI is InChI=1S/C22H18ClN3O7/c1-31-20-10-13(22(28)25-15-4-6-16(7-5-15)32-12-21(24)27)2-8-19(20)33-18-9-3-14(23)11-17(18)26(29)30/h2-11H,12H2,1H3,(H2,24,27)(H,25,28). The van der Waals surface area contributed by atoms with Crippen molar-refractivity contribution in [1.82, 2.24) is 0 Å². The van der Waals surface area contributed by atoms with Crippen molar-refractivity contribution in [2.45, 2.75) is 0 Å². The summed E-state index contributed by atoms with van der Waals surface area (Å²) >= 11 is 5.83. The van der Waals surface area contributed by atoms with Crippen LogP contribution >= 0.6 is 11.6 Å². The molecule has 0 bridgehead atoms. The highest BCUT2D eigenvalue weighted by atomic mass is 35.5. The lowest BCUT2D eigenvalue weighted by Gasteiger charge is -2.12. The molecule has 3 aromatic rings. The summed E-state index contributed by atoms with van der Waals surface area (Å²) in [6, 6.07) is 14.8. The third-order valence-corrected chi connectivity index (χ3v) is 4.49. The first-order chi connectivity index (χ1) is 15.8. The molecule has 0 atom stereocenters. The van der Waals surface area contributed by atoms with E-state index in [-0.39, 0.29) is 40.1 Å². The highest BCUT2D eigenvalue weighted by Gasteiger charge is 2.19. The Balaban J connectivity index is 1.75. The predicted octanol–water partition coefficient (Wildman–Crippen LogP) is 4.17. The van der Waals surface area contributed by atoms with Crippen LogP contribution in [-0.2, 0) is 4.79 Å². The normalized spacial score (nSPS) is 10.2. The summed E-state index contributed by atoms with van der Waals surface area (Å²) in [6.07, 6.45) is 0. The van der Waals surface area contributed by atoms with Gasteiger partial charge in [0.15, 0.2) is 18.1 Å². The van der Waals surface area contributed by atoms with Crippen molar-refractivity contribution in [3.8, 4) is 23.0 Å². The number of ether oxygens (including phenoxy) is 3. The molecule has 0 unspecified atom stereocenters. The molecule has 0 heterocycles. The van der Waals surface area contributed by atoms with E-state index in [1.807, 2.05) is 0 Å². The number of rotatable bonds is 9. The van der Waals surface area contributed by atoms with Gasteiger partial charge in [-0.15, -0.1) is 0 Å². The minimum absolute atomic E-state index is 0.0291. The molecule has 0 aliphatic carbocycles. The van der Waals surface area contributed by atoms with E-state index in [1.54, 1.807) is 24.3 Å². The van der Waals surface area contributed by atoms with Crippen LogP contribution in [0.4, 0.5) is 11.4 Å². The smallest absolute Gasteiger partial charge is 0.313 e. The summed E-state index contributed by atoms with van der Waals surface area (Å²) in [6.45, 7) is -0.251. The molecule has 33 heavy (non-hydrogen) atoms. The fourth-order valence-corrected chi connectivity index (χ4v) is 2.89. The van der Waals surface area contributed by atoms with E-state index in [4.69, 9.17) is 31.5 Å². The first-order valence-corrected chi connectivity index (χ1v) is 9.77. The van der Waals surface area contributed by atoms with Crippen LogP contribution in [-0.4, -0.2) is 30.5 Å². The number of hydrogen-bond acceptors (Lipinski definition) is 7. The van der Waals surface area contributed by atoms with Crippen molar-refractivity contribution in [3.63, 3.8) is 0 Å². The van der Waals surface area contributed by atoms with Crippen molar-refractivity contribution in [3.05, 3.63) is 81.4 Å². The quantitative estimate of drug-likeness (QED) is 0.352. The van der Waals surface area contributed by atoms with Gasteiger partial charge >= 0.3 is 5.69 Å². The monoisotopic (exact) mass is 471 g/mol. The molecule has 3 aromatic carbocycles. The van der Waals surface area contributed by atoms with Crippen molar-refractivity contribution < 1.29 is 28.7 Å². The van der Waals surface area contributed by atoms with Gasteiger partial charge in [0.25, 0.3) is 11.8 Å². The molecule has 0 radical (unpaired) electrons. The van der Waals surface area contributed by atoms with Gasteiger partial charge in [-0.25, -0.2) is 0 Å². The zero-order valence-corrected chi connectivity index (χ0v) is 18.0. The Morgan fingerprint density at radius 2 is 1.73 bits per heavy atom. The van der Waals surface area contributed by atoms with Gasteiger partial charge in [-0.2, -0.15) is 0 Å². The van der Waals surface area contributed by atoms with Gasteiger partial charge in [0.2, 0.25) is 5.75 Å². The van der Waals surface area contributed by atoms with E-state index >= 15 is 0 Å². The average Bonchev–Trinajstić information content (AvgIpc) is 2.79. The molecule has 3 rings (SSSR count). The number of primary amides is 1. The molecule has 3 N–H and O–H groups in total. The average molecular weight is 472 g/mol. The third kappa shape index (κ3) is 6.11. The molecule has 0 saturated heterocycles. The lowest BCUT2D eigenvalue weighted by Crippen LogP contribution is -2.20. The van der Waals surface area contributed by atoms with E-state index < -0.39 is 16.7 Å². The van der Waals surface area contributed by atoms with Crippen LogP contribution in [0.25, 0.3) is 0 Å². The third-order valence-electron chi connectivity index (χ3n) is 4.26.